The van der Waals surface area contributed by atoms with Gasteiger partial charge in [0.2, 0.25) is 0 Å². The van der Waals surface area contributed by atoms with E-state index in [9.17, 15) is 8.42 Å². The molecule has 35 heavy (non-hydrogen) atoms. The largest absolute Gasteiger partial charge is 1.00 e. The Labute approximate surface area is 216 Å². The summed E-state index contributed by atoms with van der Waals surface area (Å²) in [7, 11) is -3.84. The van der Waals surface area contributed by atoms with Crippen molar-refractivity contribution in [3.63, 3.8) is 0 Å². The van der Waals surface area contributed by atoms with Gasteiger partial charge in [-0.25, -0.2) is 0 Å². The molecule has 0 amide bonds. The molecule has 0 aliphatic rings. The second kappa shape index (κ2) is 10.5. The second-order valence-corrected chi connectivity index (χ2v) is 9.57. The molecular weight excluding hydrogens is 455 g/mol. The van der Waals surface area contributed by atoms with Gasteiger partial charge in [0.05, 0.1) is 17.0 Å². The summed E-state index contributed by atoms with van der Waals surface area (Å²) in [6.45, 7) is 4.13. The molecule has 172 valence electrons. The number of aromatic nitrogens is 4. The maximum atomic E-state index is 12.6. The van der Waals surface area contributed by atoms with Crippen molar-refractivity contribution in [3.8, 4) is 11.1 Å². The molecule has 0 bridgehead atoms. The van der Waals surface area contributed by atoms with Gasteiger partial charge in [-0.2, -0.15) is 8.42 Å². The molecule has 0 aliphatic heterocycles. The zero-order valence-electron chi connectivity index (χ0n) is 19.6. The van der Waals surface area contributed by atoms with Gasteiger partial charge >= 0.3 is 18.9 Å². The van der Waals surface area contributed by atoms with Gasteiger partial charge < -0.3 is 9.25 Å². The van der Waals surface area contributed by atoms with Crippen molar-refractivity contribution in [2.24, 2.45) is 0 Å². The molecule has 5 aromatic rings. The van der Waals surface area contributed by atoms with E-state index in [0.29, 0.717) is 6.54 Å². The Balaban J connectivity index is 0.00000289. The van der Waals surface area contributed by atoms with Crippen molar-refractivity contribution in [1.29, 1.82) is 0 Å². The molecule has 2 aromatic heterocycles. The minimum absolute atomic E-state index is 0. The van der Waals surface area contributed by atoms with Gasteiger partial charge in [0.25, 0.3) is 10.1 Å². The van der Waals surface area contributed by atoms with E-state index in [1.807, 2.05) is 84.9 Å². The molecule has 5 rings (SSSR count). The molecule has 0 N–H and O–H groups in total. The van der Waals surface area contributed by atoms with Crippen molar-refractivity contribution in [1.82, 2.24) is 19.6 Å². The number of hydrogen-bond donors (Lipinski definition) is 0. The van der Waals surface area contributed by atoms with E-state index in [2.05, 4.69) is 10.3 Å². The van der Waals surface area contributed by atoms with Crippen LogP contribution in [0.3, 0.4) is 0 Å². The molecule has 0 saturated carbocycles. The number of rotatable bonds is 8. The number of para-hydroxylation sites is 1. The van der Waals surface area contributed by atoms with E-state index in [1.54, 1.807) is 28.9 Å². The molecule has 0 unspecified atom stereocenters. The molecule has 3 aromatic carbocycles. The minimum atomic E-state index is -3.84. The van der Waals surface area contributed by atoms with Gasteiger partial charge in [-0.15, -0.1) is 11.2 Å². The van der Waals surface area contributed by atoms with Crippen LogP contribution in [0.2, 0.25) is 0 Å². The fraction of sp³-hybridized carbons (Fsp3) is 0.115. The fourth-order valence-electron chi connectivity index (χ4n) is 3.74. The smallest absolute Gasteiger partial charge is 0.367 e. The van der Waals surface area contributed by atoms with Crippen molar-refractivity contribution in [2.75, 3.05) is 6.61 Å². The molecular formula is C26H23LiN4O3S. The van der Waals surface area contributed by atoms with Crippen LogP contribution in [0, 0.1) is 13.5 Å². The zero-order valence-corrected chi connectivity index (χ0v) is 20.4. The van der Waals surface area contributed by atoms with E-state index in [-0.39, 0.29) is 30.4 Å². The van der Waals surface area contributed by atoms with Gasteiger partial charge in [0.1, 0.15) is 0 Å². The Bertz CT molecular complexity index is 1530. The van der Waals surface area contributed by atoms with Crippen LogP contribution in [0.25, 0.3) is 22.2 Å². The monoisotopic (exact) mass is 478 g/mol. The number of fused-ring (bicyclic) bond motifs is 1. The second-order valence-electron chi connectivity index (χ2n) is 7.95. The third-order valence-electron chi connectivity index (χ3n) is 5.55. The molecule has 7 nitrogen and oxygen atoms in total. The third-order valence-corrected chi connectivity index (χ3v) is 6.88. The molecule has 9 heteroatoms. The molecule has 0 fully saturated rings. The first-order chi connectivity index (χ1) is 16.5. The summed E-state index contributed by atoms with van der Waals surface area (Å²) >= 11 is 0. The van der Waals surface area contributed by atoms with Crippen LogP contribution in [-0.2, 0) is 20.8 Å². The van der Waals surface area contributed by atoms with Gasteiger partial charge in [-0.3, -0.25) is 4.18 Å². The summed E-state index contributed by atoms with van der Waals surface area (Å²) in [5.41, 5.74) is 5.60. The summed E-state index contributed by atoms with van der Waals surface area (Å²) in [6, 6.07) is 26.4. The number of aryl methyl sites for hydroxylation is 1. The first-order valence-electron chi connectivity index (χ1n) is 10.9. The summed E-state index contributed by atoms with van der Waals surface area (Å²) in [5, 5.41) is 8.46. The zero-order chi connectivity index (χ0) is 23.5. The predicted molar refractivity (Wildman–Crippen MR) is 131 cm³/mol. The van der Waals surface area contributed by atoms with Gasteiger partial charge in [-0.05, 0) is 48.1 Å². The first kappa shape index (κ1) is 24.8. The molecule has 0 atom stereocenters. The predicted octanol–water partition coefficient (Wildman–Crippen LogP) is 1.68. The van der Waals surface area contributed by atoms with Crippen molar-refractivity contribution >= 4 is 21.2 Å². The van der Waals surface area contributed by atoms with Gasteiger partial charge in [-0.1, -0.05) is 83.5 Å². The quantitative estimate of drug-likeness (QED) is 0.193. The Hall–Kier alpha value is -3.28. The molecule has 2 heterocycles. The summed E-state index contributed by atoms with van der Waals surface area (Å²) in [6.07, 6.45) is 1.99. The van der Waals surface area contributed by atoms with Crippen LogP contribution < -0.4 is 18.9 Å². The van der Waals surface area contributed by atoms with Crippen LogP contribution in [0.1, 0.15) is 11.3 Å². The van der Waals surface area contributed by atoms with Crippen molar-refractivity contribution < 1.29 is 31.5 Å². The van der Waals surface area contributed by atoms with E-state index in [4.69, 9.17) is 4.18 Å². The van der Waals surface area contributed by atoms with Crippen LogP contribution in [0.4, 0.5) is 0 Å². The van der Waals surface area contributed by atoms with Crippen LogP contribution >= 0.6 is 0 Å². The standard InChI is InChI=1S/C26H23N4O3S.Li/c1-20-11-13-24(14-12-20)34(31,32)33-16-15-29-18-22(21-7-3-2-4-8-21)17-23(29)19-30-26-10-6-5-9-25(26)27-28-30;/h2-14,17-19H,15-16H2,1H3;/q-1;+1. The Morgan fingerprint density at radius 2 is 1.63 bits per heavy atom. The van der Waals surface area contributed by atoms with Crippen molar-refractivity contribution in [2.45, 2.75) is 18.4 Å². The fourth-order valence-corrected chi connectivity index (χ4v) is 4.64. The summed E-state index contributed by atoms with van der Waals surface area (Å²) in [5.74, 6) is 0. The SMILES string of the molecule is Cc1ccc(S(=O)(=O)OCCn2cc(-c3ccccc3)cc2[CH-]n2nnc3ccccc32)cc1.[Li+]. The normalized spacial score (nSPS) is 11.3. The van der Waals surface area contributed by atoms with E-state index < -0.39 is 10.1 Å². The number of benzene rings is 3. The average molecular weight is 479 g/mol. The van der Waals surface area contributed by atoms with Gasteiger partial charge in [0.15, 0.2) is 0 Å². The maximum absolute atomic E-state index is 12.6. The Morgan fingerprint density at radius 1 is 0.914 bits per heavy atom. The number of hydrogen-bond acceptors (Lipinski definition) is 5. The van der Waals surface area contributed by atoms with E-state index >= 15 is 0 Å². The van der Waals surface area contributed by atoms with Crippen LogP contribution in [0.5, 0.6) is 0 Å². The summed E-state index contributed by atoms with van der Waals surface area (Å²) in [4.78, 5) is 0.149. The van der Waals surface area contributed by atoms with Crippen LogP contribution in [-0.4, -0.2) is 34.6 Å². The molecule has 0 spiro atoms. The average Bonchev–Trinajstić information content (AvgIpc) is 3.44. The summed E-state index contributed by atoms with van der Waals surface area (Å²) < 4.78 is 34.2. The third kappa shape index (κ3) is 5.52. The topological polar surface area (TPSA) is 79.0 Å². The molecule has 0 aliphatic carbocycles. The van der Waals surface area contributed by atoms with Crippen LogP contribution in [0.15, 0.2) is 96.0 Å². The first-order valence-corrected chi connectivity index (χ1v) is 12.3. The Kier molecular flexibility index (Phi) is 7.48. The van der Waals surface area contributed by atoms with Crippen molar-refractivity contribution in [3.05, 3.63) is 109 Å². The van der Waals surface area contributed by atoms with E-state index in [1.165, 1.54) is 0 Å². The molecule has 0 radical (unpaired) electrons. The minimum Gasteiger partial charge on any atom is -0.367 e. The maximum Gasteiger partial charge on any atom is 1.00 e. The van der Waals surface area contributed by atoms with E-state index in [0.717, 1.165) is 33.4 Å². The number of nitrogens with zero attached hydrogens (tertiary/aromatic N) is 4. The Morgan fingerprint density at radius 3 is 2.40 bits per heavy atom. The van der Waals surface area contributed by atoms with Gasteiger partial charge in [0, 0.05) is 6.54 Å². The molecule has 0 saturated heterocycles.